The number of nitrogens with two attached hydrogens (primary N) is 1. The number of hydrogen-bond donors (Lipinski definition) is 2. The van der Waals surface area contributed by atoms with Crippen LogP contribution in [0.4, 0.5) is 11.5 Å². The Morgan fingerprint density at radius 3 is 2.72 bits per heavy atom. The molecule has 0 unspecified atom stereocenters. The molecule has 2 rings (SSSR count). The second-order valence-electron chi connectivity index (χ2n) is 3.55. The van der Waals surface area contributed by atoms with Gasteiger partial charge in [-0.25, -0.2) is 4.98 Å². The monoisotopic (exact) mass is 325 g/mol. The van der Waals surface area contributed by atoms with Crippen LogP contribution >= 0.6 is 27.5 Å². The number of halogens is 2. The fraction of sp³-hybridized carbons (Fsp3) is 0. The number of carbonyl (C=O) groups excluding carboxylic acids is 1. The summed E-state index contributed by atoms with van der Waals surface area (Å²) in [6, 6.07) is 8.33. The molecule has 2 aromatic rings. The van der Waals surface area contributed by atoms with Gasteiger partial charge in [0.1, 0.15) is 5.82 Å². The maximum Gasteiger partial charge on any atom is 0.257 e. The van der Waals surface area contributed by atoms with Crippen molar-refractivity contribution in [3.8, 4) is 0 Å². The van der Waals surface area contributed by atoms with E-state index in [0.717, 1.165) is 4.47 Å². The Bertz CT molecular complexity index is 586. The van der Waals surface area contributed by atoms with Crippen LogP contribution < -0.4 is 11.1 Å². The van der Waals surface area contributed by atoms with Gasteiger partial charge in [-0.05, 0) is 46.3 Å². The molecule has 0 saturated carbocycles. The second-order valence-corrected chi connectivity index (χ2v) is 4.82. The Labute approximate surface area is 117 Å². The van der Waals surface area contributed by atoms with Crippen LogP contribution in [0.15, 0.2) is 41.0 Å². The Morgan fingerprint density at radius 1 is 1.33 bits per heavy atom. The quantitative estimate of drug-likeness (QED) is 0.889. The van der Waals surface area contributed by atoms with Crippen molar-refractivity contribution in [1.82, 2.24) is 4.98 Å². The molecule has 92 valence electrons. The molecule has 0 atom stereocenters. The summed E-state index contributed by atoms with van der Waals surface area (Å²) in [5.41, 5.74) is 6.54. The van der Waals surface area contributed by atoms with Gasteiger partial charge in [-0.1, -0.05) is 11.6 Å². The summed E-state index contributed by atoms with van der Waals surface area (Å²) in [7, 11) is 0. The van der Waals surface area contributed by atoms with Gasteiger partial charge < -0.3 is 11.1 Å². The zero-order chi connectivity index (χ0) is 13.1. The van der Waals surface area contributed by atoms with Crippen LogP contribution in [0, 0.1) is 0 Å². The minimum atomic E-state index is -0.253. The molecule has 1 aromatic carbocycles. The highest BCUT2D eigenvalue weighted by atomic mass is 79.9. The van der Waals surface area contributed by atoms with Crippen LogP contribution in [0.1, 0.15) is 10.4 Å². The van der Waals surface area contributed by atoms with Crippen LogP contribution in [0.2, 0.25) is 5.02 Å². The van der Waals surface area contributed by atoms with Crippen LogP contribution in [-0.2, 0) is 0 Å². The van der Waals surface area contributed by atoms with Crippen LogP contribution in [0.3, 0.4) is 0 Å². The standard InChI is InChI=1S/C12H9BrClN3O/c13-9-5-8(2-3-10(9)14)17-12(18)7-1-4-11(15)16-6-7/h1-6H,(H2,15,16)(H,17,18). The van der Waals surface area contributed by atoms with E-state index in [1.54, 1.807) is 30.3 Å². The zero-order valence-electron chi connectivity index (χ0n) is 9.15. The van der Waals surface area contributed by atoms with E-state index >= 15 is 0 Å². The molecule has 0 saturated heterocycles. The van der Waals surface area contributed by atoms with Gasteiger partial charge in [-0.2, -0.15) is 0 Å². The number of carbonyl (C=O) groups is 1. The van der Waals surface area contributed by atoms with E-state index in [9.17, 15) is 4.79 Å². The number of rotatable bonds is 2. The number of aromatic nitrogens is 1. The summed E-state index contributed by atoms with van der Waals surface area (Å²) in [5, 5.41) is 3.32. The molecule has 0 aliphatic carbocycles. The third-order valence-corrected chi connectivity index (χ3v) is 3.44. The molecule has 4 nitrogen and oxygen atoms in total. The zero-order valence-corrected chi connectivity index (χ0v) is 11.5. The molecule has 0 spiro atoms. The Morgan fingerprint density at radius 2 is 2.11 bits per heavy atom. The number of pyridine rings is 1. The van der Waals surface area contributed by atoms with E-state index < -0.39 is 0 Å². The van der Waals surface area contributed by atoms with Gasteiger partial charge in [-0.15, -0.1) is 0 Å². The fourth-order valence-electron chi connectivity index (χ4n) is 1.32. The van der Waals surface area contributed by atoms with E-state index in [-0.39, 0.29) is 5.91 Å². The summed E-state index contributed by atoms with van der Waals surface area (Å²) in [4.78, 5) is 15.7. The lowest BCUT2D eigenvalue weighted by Gasteiger charge is -2.06. The number of nitrogens with one attached hydrogen (secondary N) is 1. The number of hydrogen-bond acceptors (Lipinski definition) is 3. The van der Waals surface area contributed by atoms with Gasteiger partial charge in [0, 0.05) is 16.4 Å². The van der Waals surface area contributed by atoms with Crippen molar-refractivity contribution in [2.24, 2.45) is 0 Å². The predicted octanol–water partition coefficient (Wildman–Crippen LogP) is 3.33. The first kappa shape index (κ1) is 12.9. The van der Waals surface area contributed by atoms with Crippen molar-refractivity contribution in [2.45, 2.75) is 0 Å². The van der Waals surface area contributed by atoms with Gasteiger partial charge in [0.15, 0.2) is 0 Å². The fourth-order valence-corrected chi connectivity index (χ4v) is 1.81. The molecule has 3 N–H and O–H groups in total. The van der Waals surface area contributed by atoms with Gasteiger partial charge >= 0.3 is 0 Å². The molecular formula is C12H9BrClN3O. The SMILES string of the molecule is Nc1ccc(C(=O)Nc2ccc(Cl)c(Br)c2)cn1. The van der Waals surface area contributed by atoms with E-state index in [1.165, 1.54) is 6.20 Å². The summed E-state index contributed by atoms with van der Waals surface area (Å²) in [5.74, 6) is 0.123. The summed E-state index contributed by atoms with van der Waals surface area (Å²) in [6.07, 6.45) is 1.43. The number of benzene rings is 1. The maximum absolute atomic E-state index is 11.9. The lowest BCUT2D eigenvalue weighted by molar-refractivity contribution is 0.102. The van der Waals surface area contributed by atoms with E-state index in [2.05, 4.69) is 26.2 Å². The topological polar surface area (TPSA) is 68.0 Å². The first-order valence-corrected chi connectivity index (χ1v) is 6.21. The Balaban J connectivity index is 2.16. The molecule has 18 heavy (non-hydrogen) atoms. The molecule has 0 aliphatic heterocycles. The van der Waals surface area contributed by atoms with Gasteiger partial charge in [0.2, 0.25) is 0 Å². The first-order valence-electron chi connectivity index (χ1n) is 5.04. The van der Waals surface area contributed by atoms with E-state index in [1.807, 2.05) is 0 Å². The lowest BCUT2D eigenvalue weighted by atomic mass is 10.2. The molecule has 0 bridgehead atoms. The van der Waals surface area contributed by atoms with Gasteiger partial charge in [0.05, 0.1) is 10.6 Å². The first-order chi connectivity index (χ1) is 8.56. The molecule has 6 heteroatoms. The summed E-state index contributed by atoms with van der Waals surface area (Å²) in [6.45, 7) is 0. The summed E-state index contributed by atoms with van der Waals surface area (Å²) >= 11 is 9.16. The van der Waals surface area contributed by atoms with Crippen molar-refractivity contribution in [2.75, 3.05) is 11.1 Å². The molecule has 1 amide bonds. The largest absolute Gasteiger partial charge is 0.384 e. The van der Waals surface area contributed by atoms with Crippen LogP contribution in [-0.4, -0.2) is 10.9 Å². The van der Waals surface area contributed by atoms with Gasteiger partial charge in [-0.3, -0.25) is 4.79 Å². The highest BCUT2D eigenvalue weighted by Crippen LogP contribution is 2.25. The predicted molar refractivity (Wildman–Crippen MR) is 75.8 cm³/mol. The number of anilines is 2. The number of amides is 1. The van der Waals surface area contributed by atoms with Gasteiger partial charge in [0.25, 0.3) is 5.91 Å². The smallest absolute Gasteiger partial charge is 0.257 e. The Hall–Kier alpha value is -1.59. The molecule has 1 heterocycles. The minimum Gasteiger partial charge on any atom is -0.384 e. The van der Waals surface area contributed by atoms with Crippen molar-refractivity contribution in [1.29, 1.82) is 0 Å². The third-order valence-electron chi connectivity index (χ3n) is 2.23. The number of nitrogens with zero attached hydrogens (tertiary/aromatic N) is 1. The molecule has 0 radical (unpaired) electrons. The molecular weight excluding hydrogens is 318 g/mol. The van der Waals surface area contributed by atoms with E-state index in [4.69, 9.17) is 17.3 Å². The summed E-state index contributed by atoms with van der Waals surface area (Å²) < 4.78 is 0.720. The van der Waals surface area contributed by atoms with Crippen molar-refractivity contribution in [3.63, 3.8) is 0 Å². The lowest BCUT2D eigenvalue weighted by Crippen LogP contribution is -2.12. The van der Waals surface area contributed by atoms with Crippen molar-refractivity contribution < 1.29 is 4.79 Å². The van der Waals surface area contributed by atoms with Crippen molar-refractivity contribution in [3.05, 3.63) is 51.6 Å². The molecule has 0 fully saturated rings. The highest BCUT2D eigenvalue weighted by molar-refractivity contribution is 9.10. The average Bonchev–Trinajstić information content (AvgIpc) is 2.34. The third kappa shape index (κ3) is 3.00. The molecule has 0 aliphatic rings. The minimum absolute atomic E-state index is 0.253. The second kappa shape index (κ2) is 5.37. The molecule has 1 aromatic heterocycles. The normalized spacial score (nSPS) is 10.1. The number of nitrogen functional groups attached to an aromatic ring is 1. The van der Waals surface area contributed by atoms with E-state index in [0.29, 0.717) is 22.1 Å². The Kier molecular flexibility index (Phi) is 3.84. The highest BCUT2D eigenvalue weighted by Gasteiger charge is 2.07. The van der Waals surface area contributed by atoms with Crippen molar-refractivity contribution >= 4 is 44.9 Å². The maximum atomic E-state index is 11.9. The van der Waals surface area contributed by atoms with Crippen LogP contribution in [0.25, 0.3) is 0 Å². The average molecular weight is 327 g/mol. The van der Waals surface area contributed by atoms with Crippen LogP contribution in [0.5, 0.6) is 0 Å².